The van der Waals surface area contributed by atoms with Crippen LogP contribution in [0.5, 0.6) is 0 Å². The lowest BCUT2D eigenvalue weighted by Crippen LogP contribution is -2.56. The van der Waals surface area contributed by atoms with E-state index in [9.17, 15) is 14.4 Å². The van der Waals surface area contributed by atoms with Gasteiger partial charge in [-0.15, -0.1) is 0 Å². The van der Waals surface area contributed by atoms with Gasteiger partial charge in [0, 0.05) is 38.4 Å². The van der Waals surface area contributed by atoms with Crippen molar-refractivity contribution in [3.63, 3.8) is 0 Å². The SMILES string of the molecule is COCc1cc(C(=O)Nc2cc(C3CC4(C3)NC(=O)N(CC(C)C)C4=O)[nH]n2)n(C)n1. The van der Waals surface area contributed by atoms with Gasteiger partial charge in [0.25, 0.3) is 11.8 Å². The van der Waals surface area contributed by atoms with Gasteiger partial charge < -0.3 is 15.4 Å². The van der Waals surface area contributed by atoms with Crippen LogP contribution in [0.4, 0.5) is 10.6 Å². The largest absolute Gasteiger partial charge is 0.378 e. The third-order valence-corrected chi connectivity index (χ3v) is 5.72. The van der Waals surface area contributed by atoms with Gasteiger partial charge in [0.15, 0.2) is 5.82 Å². The molecule has 4 amide bonds. The van der Waals surface area contributed by atoms with Crippen LogP contribution in [0.15, 0.2) is 12.1 Å². The van der Waals surface area contributed by atoms with Crippen LogP contribution in [0.3, 0.4) is 0 Å². The molecule has 166 valence electrons. The van der Waals surface area contributed by atoms with Gasteiger partial charge in [-0.05, 0) is 24.8 Å². The standard InChI is InChI=1S/C20H27N7O4/c1-11(2)9-27-18(29)20(22-19(27)30)7-12(8-20)14-6-16(24-23-14)21-17(28)15-5-13(10-31-4)25-26(15)3/h5-6,11-12H,7-10H2,1-4H3,(H,22,30)(H2,21,23,24,28). The number of aromatic amines is 1. The fourth-order valence-electron chi connectivity index (χ4n) is 4.23. The Hall–Kier alpha value is -3.21. The van der Waals surface area contributed by atoms with E-state index in [-0.39, 0.29) is 29.7 Å². The summed E-state index contributed by atoms with van der Waals surface area (Å²) in [6.45, 7) is 4.68. The Morgan fingerprint density at radius 3 is 2.77 bits per heavy atom. The van der Waals surface area contributed by atoms with Gasteiger partial charge in [-0.2, -0.15) is 10.2 Å². The first-order valence-electron chi connectivity index (χ1n) is 10.2. The van der Waals surface area contributed by atoms with Gasteiger partial charge >= 0.3 is 6.03 Å². The van der Waals surface area contributed by atoms with Crippen molar-refractivity contribution in [3.8, 4) is 0 Å². The van der Waals surface area contributed by atoms with Crippen molar-refractivity contribution in [2.75, 3.05) is 19.0 Å². The van der Waals surface area contributed by atoms with Crippen molar-refractivity contribution in [2.24, 2.45) is 13.0 Å². The van der Waals surface area contributed by atoms with E-state index >= 15 is 0 Å². The molecule has 1 saturated carbocycles. The first-order valence-corrected chi connectivity index (χ1v) is 10.2. The third kappa shape index (κ3) is 3.80. The molecule has 2 fully saturated rings. The van der Waals surface area contributed by atoms with Crippen molar-refractivity contribution < 1.29 is 19.1 Å². The van der Waals surface area contributed by atoms with E-state index < -0.39 is 5.54 Å². The first kappa shape index (κ1) is 21.0. The van der Waals surface area contributed by atoms with Crippen molar-refractivity contribution in [1.82, 2.24) is 30.2 Å². The molecule has 11 nitrogen and oxygen atoms in total. The molecular weight excluding hydrogens is 402 g/mol. The lowest BCUT2D eigenvalue weighted by molar-refractivity contribution is -0.135. The van der Waals surface area contributed by atoms with Gasteiger partial charge in [0.1, 0.15) is 11.2 Å². The Morgan fingerprint density at radius 1 is 1.35 bits per heavy atom. The van der Waals surface area contributed by atoms with E-state index in [0.717, 1.165) is 5.69 Å². The number of aromatic nitrogens is 4. The number of nitrogens with one attached hydrogen (secondary N) is 3. The maximum Gasteiger partial charge on any atom is 0.325 e. The summed E-state index contributed by atoms with van der Waals surface area (Å²) in [6.07, 6.45) is 1.01. The Morgan fingerprint density at radius 2 is 2.10 bits per heavy atom. The second kappa shape index (κ2) is 7.80. The number of imide groups is 1. The predicted octanol–water partition coefficient (Wildman–Crippen LogP) is 1.37. The molecule has 2 aromatic rings. The van der Waals surface area contributed by atoms with Crippen molar-refractivity contribution in [1.29, 1.82) is 0 Å². The Kier molecular flexibility index (Phi) is 5.29. The monoisotopic (exact) mass is 429 g/mol. The topological polar surface area (TPSA) is 134 Å². The molecule has 0 aromatic carbocycles. The molecule has 0 bridgehead atoms. The van der Waals surface area contributed by atoms with E-state index in [1.54, 1.807) is 26.3 Å². The number of ether oxygens (including phenoxy) is 1. The smallest absolute Gasteiger partial charge is 0.325 e. The molecule has 1 aliphatic carbocycles. The average Bonchev–Trinajstić information content (AvgIpc) is 3.33. The minimum atomic E-state index is -0.822. The summed E-state index contributed by atoms with van der Waals surface area (Å²) in [5.74, 6) is 0.163. The lowest BCUT2D eigenvalue weighted by Gasteiger charge is -2.42. The van der Waals surface area contributed by atoms with Gasteiger partial charge in [-0.25, -0.2) is 4.79 Å². The number of carbonyl (C=O) groups excluding carboxylic acids is 3. The highest BCUT2D eigenvalue weighted by Crippen LogP contribution is 2.47. The number of rotatable bonds is 7. The fraction of sp³-hybridized carbons (Fsp3) is 0.550. The quantitative estimate of drug-likeness (QED) is 0.569. The van der Waals surface area contributed by atoms with Crippen molar-refractivity contribution in [3.05, 3.63) is 29.2 Å². The summed E-state index contributed by atoms with van der Waals surface area (Å²) in [6, 6.07) is 3.10. The van der Waals surface area contributed by atoms with E-state index in [1.165, 1.54) is 9.58 Å². The van der Waals surface area contributed by atoms with Gasteiger partial charge in [0.05, 0.1) is 12.3 Å². The molecule has 3 heterocycles. The highest BCUT2D eigenvalue weighted by Gasteiger charge is 2.59. The Labute approximate surface area is 179 Å². The van der Waals surface area contributed by atoms with Crippen LogP contribution in [0.25, 0.3) is 0 Å². The predicted molar refractivity (Wildman–Crippen MR) is 110 cm³/mol. The molecule has 11 heteroatoms. The molecule has 0 unspecified atom stereocenters. The number of anilines is 1. The average molecular weight is 429 g/mol. The number of methoxy groups -OCH3 is 1. The molecule has 2 aliphatic rings. The fourth-order valence-corrected chi connectivity index (χ4v) is 4.23. The molecular formula is C20H27N7O4. The molecule has 1 aliphatic heterocycles. The van der Waals surface area contributed by atoms with Crippen LogP contribution in [-0.2, 0) is 23.2 Å². The minimum Gasteiger partial charge on any atom is -0.378 e. The second-order valence-electron chi connectivity index (χ2n) is 8.67. The Bertz CT molecular complexity index is 1020. The molecule has 3 N–H and O–H groups in total. The summed E-state index contributed by atoms with van der Waals surface area (Å²) in [5.41, 5.74) is 1.05. The Balaban J connectivity index is 1.38. The van der Waals surface area contributed by atoms with Crippen molar-refractivity contribution in [2.45, 2.75) is 44.8 Å². The summed E-state index contributed by atoms with van der Waals surface area (Å²) >= 11 is 0. The van der Waals surface area contributed by atoms with Crippen LogP contribution >= 0.6 is 0 Å². The summed E-state index contributed by atoms with van der Waals surface area (Å²) in [7, 11) is 3.25. The zero-order chi connectivity index (χ0) is 22.3. The van der Waals surface area contributed by atoms with Crippen LogP contribution in [-0.4, -0.2) is 61.9 Å². The number of H-pyrrole nitrogens is 1. The molecule has 2 aromatic heterocycles. The van der Waals surface area contributed by atoms with E-state index in [4.69, 9.17) is 4.74 Å². The third-order valence-electron chi connectivity index (χ3n) is 5.72. The summed E-state index contributed by atoms with van der Waals surface area (Å²) < 4.78 is 6.53. The highest BCUT2D eigenvalue weighted by atomic mass is 16.5. The number of carbonyl (C=O) groups is 3. The molecule has 1 spiro atoms. The summed E-state index contributed by atoms with van der Waals surface area (Å²) in [4.78, 5) is 38.8. The van der Waals surface area contributed by atoms with Crippen LogP contribution < -0.4 is 10.6 Å². The van der Waals surface area contributed by atoms with E-state index in [2.05, 4.69) is 25.9 Å². The van der Waals surface area contributed by atoms with E-state index in [0.29, 0.717) is 43.2 Å². The van der Waals surface area contributed by atoms with Gasteiger partial charge in [0.2, 0.25) is 0 Å². The van der Waals surface area contributed by atoms with Gasteiger partial charge in [-0.1, -0.05) is 13.8 Å². The van der Waals surface area contributed by atoms with Crippen LogP contribution in [0.2, 0.25) is 0 Å². The lowest BCUT2D eigenvalue weighted by atomic mass is 9.67. The van der Waals surface area contributed by atoms with Crippen LogP contribution in [0, 0.1) is 5.92 Å². The zero-order valence-electron chi connectivity index (χ0n) is 18.1. The number of amides is 4. The van der Waals surface area contributed by atoms with Gasteiger partial charge in [-0.3, -0.25) is 24.3 Å². The number of hydrogen-bond donors (Lipinski definition) is 3. The van der Waals surface area contributed by atoms with E-state index in [1.807, 2.05) is 13.8 Å². The number of hydrogen-bond acceptors (Lipinski definition) is 6. The first-order chi connectivity index (χ1) is 14.7. The second-order valence-corrected chi connectivity index (χ2v) is 8.67. The van der Waals surface area contributed by atoms with Crippen molar-refractivity contribution >= 4 is 23.7 Å². The highest BCUT2D eigenvalue weighted by molar-refractivity contribution is 6.08. The zero-order valence-corrected chi connectivity index (χ0v) is 18.1. The molecule has 0 atom stereocenters. The molecule has 1 saturated heterocycles. The maximum atomic E-state index is 12.8. The normalized spacial score (nSPS) is 22.9. The molecule has 0 radical (unpaired) electrons. The van der Waals surface area contributed by atoms with Crippen LogP contribution in [0.1, 0.15) is 54.5 Å². The molecule has 4 rings (SSSR count). The minimum absolute atomic E-state index is 0.0476. The molecule has 31 heavy (non-hydrogen) atoms. The number of urea groups is 1. The maximum absolute atomic E-state index is 12.8. The number of nitrogens with zero attached hydrogens (tertiary/aromatic N) is 4. The number of aryl methyl sites for hydroxylation is 1. The summed E-state index contributed by atoms with van der Waals surface area (Å²) in [5, 5.41) is 17.0.